The van der Waals surface area contributed by atoms with Gasteiger partial charge < -0.3 is 4.74 Å². The molecule has 0 aliphatic heterocycles. The average molecular weight is 444 g/mol. The van der Waals surface area contributed by atoms with Crippen LogP contribution in [0.25, 0.3) is 6.08 Å². The molecule has 0 spiro atoms. The van der Waals surface area contributed by atoms with E-state index in [9.17, 15) is 14.0 Å². The lowest BCUT2D eigenvalue weighted by Gasteiger charge is -2.10. The molecule has 0 saturated carbocycles. The van der Waals surface area contributed by atoms with E-state index < -0.39 is 11.8 Å². The summed E-state index contributed by atoms with van der Waals surface area (Å²) in [6.07, 6.45) is 7.29. The SMILES string of the molecule is CCCCCCOc1ccc(C(=O)NNC(=S)NC(=O)C=Cc2ccc(F)cc2)cc1. The zero-order chi connectivity index (χ0) is 22.5. The van der Waals surface area contributed by atoms with E-state index in [1.54, 1.807) is 36.4 Å². The van der Waals surface area contributed by atoms with Gasteiger partial charge in [0.05, 0.1) is 6.61 Å². The molecule has 0 unspecified atom stereocenters. The lowest BCUT2D eigenvalue weighted by atomic mass is 10.2. The van der Waals surface area contributed by atoms with Gasteiger partial charge in [-0.25, -0.2) is 4.39 Å². The molecule has 31 heavy (non-hydrogen) atoms. The molecule has 0 radical (unpaired) electrons. The van der Waals surface area contributed by atoms with Crippen LogP contribution in [0.4, 0.5) is 4.39 Å². The van der Waals surface area contributed by atoms with E-state index in [1.165, 1.54) is 37.1 Å². The summed E-state index contributed by atoms with van der Waals surface area (Å²) in [5.41, 5.74) is 5.97. The van der Waals surface area contributed by atoms with Crippen molar-refractivity contribution < 1.29 is 18.7 Å². The molecule has 0 heterocycles. The zero-order valence-corrected chi connectivity index (χ0v) is 18.1. The van der Waals surface area contributed by atoms with Gasteiger partial charge in [-0.1, -0.05) is 38.3 Å². The second-order valence-corrected chi connectivity index (χ2v) is 7.12. The first-order chi connectivity index (χ1) is 15.0. The minimum atomic E-state index is -0.489. The summed E-state index contributed by atoms with van der Waals surface area (Å²) >= 11 is 4.98. The fourth-order valence-electron chi connectivity index (χ4n) is 2.54. The lowest BCUT2D eigenvalue weighted by Crippen LogP contribution is -2.48. The number of rotatable bonds is 9. The van der Waals surface area contributed by atoms with E-state index in [1.807, 2.05) is 0 Å². The molecule has 2 rings (SSSR count). The molecular formula is C23H26FN3O3S. The highest BCUT2D eigenvalue weighted by atomic mass is 32.1. The minimum Gasteiger partial charge on any atom is -0.494 e. The molecule has 2 aromatic carbocycles. The van der Waals surface area contributed by atoms with Crippen LogP contribution in [0.15, 0.2) is 54.6 Å². The van der Waals surface area contributed by atoms with Crippen LogP contribution in [0.1, 0.15) is 48.5 Å². The lowest BCUT2D eigenvalue weighted by molar-refractivity contribution is -0.115. The highest BCUT2D eigenvalue weighted by Gasteiger charge is 2.07. The van der Waals surface area contributed by atoms with Crippen molar-refractivity contribution in [3.63, 3.8) is 0 Å². The van der Waals surface area contributed by atoms with Crippen molar-refractivity contribution in [1.82, 2.24) is 16.2 Å². The summed E-state index contributed by atoms with van der Waals surface area (Å²) in [5, 5.41) is 2.34. The zero-order valence-electron chi connectivity index (χ0n) is 17.3. The molecule has 0 atom stereocenters. The molecule has 2 amide bonds. The standard InChI is InChI=1S/C23H26FN3O3S/c1-2-3-4-5-16-30-20-13-9-18(10-14-20)22(29)26-27-23(31)25-21(28)15-8-17-6-11-19(24)12-7-17/h6-15H,2-5,16H2,1H3,(H,26,29)(H2,25,27,28,31). The van der Waals surface area contributed by atoms with Crippen LogP contribution in [0.2, 0.25) is 0 Å². The first-order valence-electron chi connectivity index (χ1n) is 10.1. The van der Waals surface area contributed by atoms with Crippen LogP contribution in [0.5, 0.6) is 5.75 Å². The monoisotopic (exact) mass is 443 g/mol. The summed E-state index contributed by atoms with van der Waals surface area (Å²) in [7, 11) is 0. The third-order valence-electron chi connectivity index (χ3n) is 4.21. The molecule has 0 fully saturated rings. The van der Waals surface area contributed by atoms with Gasteiger partial charge in [-0.3, -0.25) is 25.8 Å². The van der Waals surface area contributed by atoms with Gasteiger partial charge >= 0.3 is 0 Å². The van der Waals surface area contributed by atoms with Gasteiger partial charge in [0.2, 0.25) is 5.91 Å². The average Bonchev–Trinajstić information content (AvgIpc) is 2.77. The number of carbonyl (C=O) groups excluding carboxylic acids is 2. The van der Waals surface area contributed by atoms with Crippen molar-refractivity contribution in [3.05, 3.63) is 71.6 Å². The Labute approximate surface area is 186 Å². The van der Waals surface area contributed by atoms with Crippen molar-refractivity contribution >= 4 is 35.2 Å². The Hall–Kier alpha value is -3.26. The van der Waals surface area contributed by atoms with E-state index in [0.29, 0.717) is 23.5 Å². The van der Waals surface area contributed by atoms with E-state index in [-0.39, 0.29) is 10.9 Å². The number of halogens is 1. The third-order valence-corrected chi connectivity index (χ3v) is 4.41. The largest absolute Gasteiger partial charge is 0.494 e. The number of nitrogens with one attached hydrogen (secondary N) is 3. The number of hydrogen-bond acceptors (Lipinski definition) is 4. The van der Waals surface area contributed by atoms with Gasteiger partial charge in [0.1, 0.15) is 11.6 Å². The molecule has 0 saturated heterocycles. The van der Waals surface area contributed by atoms with Crippen molar-refractivity contribution in [2.24, 2.45) is 0 Å². The topological polar surface area (TPSA) is 79.5 Å². The van der Waals surface area contributed by atoms with Gasteiger partial charge in [0.15, 0.2) is 5.11 Å². The van der Waals surface area contributed by atoms with Crippen molar-refractivity contribution in [1.29, 1.82) is 0 Å². The Kier molecular flexibility index (Phi) is 10.2. The van der Waals surface area contributed by atoms with E-state index >= 15 is 0 Å². The van der Waals surface area contributed by atoms with Gasteiger partial charge in [0, 0.05) is 11.6 Å². The molecule has 0 bridgehead atoms. The van der Waals surface area contributed by atoms with Crippen molar-refractivity contribution in [2.75, 3.05) is 6.61 Å². The van der Waals surface area contributed by atoms with Crippen molar-refractivity contribution in [3.8, 4) is 5.75 Å². The fourth-order valence-corrected chi connectivity index (χ4v) is 2.69. The summed E-state index contributed by atoms with van der Waals surface area (Å²) in [4.78, 5) is 24.0. The predicted octanol–water partition coefficient (Wildman–Crippen LogP) is 4.13. The Morgan fingerprint density at radius 1 is 1.00 bits per heavy atom. The highest BCUT2D eigenvalue weighted by molar-refractivity contribution is 7.80. The van der Waals surface area contributed by atoms with Gasteiger partial charge in [-0.15, -0.1) is 0 Å². The molecule has 0 aliphatic rings. The predicted molar refractivity (Wildman–Crippen MR) is 123 cm³/mol. The maximum Gasteiger partial charge on any atom is 0.269 e. The number of hydrazine groups is 1. The smallest absolute Gasteiger partial charge is 0.269 e. The second-order valence-electron chi connectivity index (χ2n) is 6.72. The second kappa shape index (κ2) is 13.1. The summed E-state index contributed by atoms with van der Waals surface area (Å²) in [6.45, 7) is 2.81. The molecule has 3 N–H and O–H groups in total. The van der Waals surface area contributed by atoms with Crippen LogP contribution in [0.3, 0.4) is 0 Å². The Bertz CT molecular complexity index is 899. The quantitative estimate of drug-likeness (QED) is 0.235. The maximum atomic E-state index is 12.9. The van der Waals surface area contributed by atoms with Crippen LogP contribution >= 0.6 is 12.2 Å². The van der Waals surface area contributed by atoms with Crippen LogP contribution in [-0.4, -0.2) is 23.5 Å². The third kappa shape index (κ3) is 9.39. The molecule has 6 nitrogen and oxygen atoms in total. The van der Waals surface area contributed by atoms with Gasteiger partial charge in [0.25, 0.3) is 5.91 Å². The Morgan fingerprint density at radius 3 is 2.39 bits per heavy atom. The van der Waals surface area contributed by atoms with E-state index in [4.69, 9.17) is 17.0 Å². The van der Waals surface area contributed by atoms with E-state index in [2.05, 4.69) is 23.1 Å². The number of amides is 2. The van der Waals surface area contributed by atoms with Crippen LogP contribution in [-0.2, 0) is 4.79 Å². The number of hydrogen-bond donors (Lipinski definition) is 3. The number of thiocarbonyl (C=S) groups is 1. The summed E-state index contributed by atoms with van der Waals surface area (Å²) < 4.78 is 18.5. The molecule has 164 valence electrons. The first kappa shape index (κ1) is 24.0. The molecule has 8 heteroatoms. The van der Waals surface area contributed by atoms with Gasteiger partial charge in [-0.2, -0.15) is 0 Å². The maximum absolute atomic E-state index is 12.9. The summed E-state index contributed by atoms with van der Waals surface area (Å²) in [6, 6.07) is 12.4. The normalized spacial score (nSPS) is 10.5. The van der Waals surface area contributed by atoms with E-state index in [0.717, 1.165) is 12.8 Å². The first-order valence-corrected chi connectivity index (χ1v) is 10.5. The number of benzene rings is 2. The van der Waals surface area contributed by atoms with Crippen LogP contribution in [0, 0.1) is 5.82 Å². The summed E-state index contributed by atoms with van der Waals surface area (Å²) in [5.74, 6) is -0.548. The number of unbranched alkanes of at least 4 members (excludes halogenated alkanes) is 3. The molecule has 0 aromatic heterocycles. The number of carbonyl (C=O) groups is 2. The van der Waals surface area contributed by atoms with Crippen LogP contribution < -0.4 is 20.9 Å². The van der Waals surface area contributed by atoms with Gasteiger partial charge in [-0.05, 0) is 66.7 Å². The molecule has 2 aromatic rings. The number of ether oxygens (including phenoxy) is 1. The Morgan fingerprint density at radius 2 is 1.71 bits per heavy atom. The Balaban J connectivity index is 1.71. The highest BCUT2D eigenvalue weighted by Crippen LogP contribution is 2.13. The fraction of sp³-hybridized carbons (Fsp3) is 0.261. The minimum absolute atomic E-state index is 0.0610. The molecular weight excluding hydrogens is 417 g/mol. The molecule has 0 aliphatic carbocycles. The van der Waals surface area contributed by atoms with Crippen molar-refractivity contribution in [2.45, 2.75) is 32.6 Å².